The Hall–Kier alpha value is -1.12. The molecule has 2 heteroatoms. The smallest absolute Gasteiger partial charge is 0.0280 e. The Balaban J connectivity index is 2.44. The third-order valence-electron chi connectivity index (χ3n) is 2.58. The third-order valence-corrected chi connectivity index (χ3v) is 3.52. The molecule has 0 amide bonds. The summed E-state index contributed by atoms with van der Waals surface area (Å²) in [4.78, 5) is 1.27. The minimum absolute atomic E-state index is 0.628. The van der Waals surface area contributed by atoms with Gasteiger partial charge in [-0.05, 0) is 34.6 Å². The molecule has 1 aromatic carbocycles. The average Bonchev–Trinajstić information content (AvgIpc) is 2.77. The fourth-order valence-electron chi connectivity index (χ4n) is 1.71. The Labute approximate surface area is 94.6 Å². The molecule has 0 aliphatic carbocycles. The highest BCUT2D eigenvalue weighted by Gasteiger charge is 2.05. The fourth-order valence-corrected chi connectivity index (χ4v) is 2.49. The topological polar surface area (TPSA) is 26.0 Å². The van der Waals surface area contributed by atoms with E-state index in [1.807, 2.05) is 0 Å². The van der Waals surface area contributed by atoms with Gasteiger partial charge in [-0.25, -0.2) is 0 Å². The van der Waals surface area contributed by atoms with Crippen molar-refractivity contribution in [1.82, 2.24) is 0 Å². The molecule has 0 fully saturated rings. The molecule has 0 spiro atoms. The van der Waals surface area contributed by atoms with Crippen molar-refractivity contribution in [3.8, 4) is 11.1 Å². The summed E-state index contributed by atoms with van der Waals surface area (Å²) in [5.74, 6) is 0. The van der Waals surface area contributed by atoms with E-state index in [1.165, 1.54) is 21.6 Å². The molecule has 0 unspecified atom stereocenters. The zero-order chi connectivity index (χ0) is 10.7. The summed E-state index contributed by atoms with van der Waals surface area (Å²) in [5, 5.41) is 2.11. The van der Waals surface area contributed by atoms with E-state index in [9.17, 15) is 0 Å². The molecule has 78 valence electrons. The molecule has 1 heterocycles. The van der Waals surface area contributed by atoms with Gasteiger partial charge >= 0.3 is 0 Å². The van der Waals surface area contributed by atoms with E-state index in [2.05, 4.69) is 42.6 Å². The fraction of sp³-hybridized carbons (Fsp3) is 0.231. The number of hydrogen-bond donors (Lipinski definition) is 1. The molecule has 0 saturated heterocycles. The van der Waals surface area contributed by atoms with Crippen LogP contribution < -0.4 is 5.73 Å². The maximum Gasteiger partial charge on any atom is 0.0280 e. The van der Waals surface area contributed by atoms with Crippen molar-refractivity contribution in [2.24, 2.45) is 5.73 Å². The van der Waals surface area contributed by atoms with Gasteiger partial charge in [-0.15, -0.1) is 11.3 Å². The molecule has 15 heavy (non-hydrogen) atoms. The molecule has 1 aromatic heterocycles. The number of nitrogens with two attached hydrogens (primary N) is 1. The number of aryl methyl sites for hydroxylation is 1. The van der Waals surface area contributed by atoms with E-state index in [1.54, 1.807) is 11.3 Å². The summed E-state index contributed by atoms with van der Waals surface area (Å²) in [5.41, 5.74) is 9.67. The molecule has 0 atom stereocenters. The first-order chi connectivity index (χ1) is 7.35. The first kappa shape index (κ1) is 10.4. The third kappa shape index (κ3) is 2.11. The minimum Gasteiger partial charge on any atom is -0.326 e. The highest BCUT2D eigenvalue weighted by atomic mass is 32.1. The zero-order valence-corrected chi connectivity index (χ0v) is 9.68. The van der Waals surface area contributed by atoms with Gasteiger partial charge < -0.3 is 5.73 Å². The van der Waals surface area contributed by atoms with E-state index in [4.69, 9.17) is 5.73 Å². The lowest BCUT2D eigenvalue weighted by Crippen LogP contribution is -1.94. The van der Waals surface area contributed by atoms with E-state index in [0.717, 1.165) is 6.42 Å². The van der Waals surface area contributed by atoms with Crippen LogP contribution in [0.4, 0.5) is 0 Å². The first-order valence-electron chi connectivity index (χ1n) is 5.21. The van der Waals surface area contributed by atoms with Crippen molar-refractivity contribution in [2.75, 3.05) is 0 Å². The van der Waals surface area contributed by atoms with Crippen LogP contribution in [0.5, 0.6) is 0 Å². The summed E-state index contributed by atoms with van der Waals surface area (Å²) in [6.07, 6.45) is 1.08. The van der Waals surface area contributed by atoms with Gasteiger partial charge in [0.1, 0.15) is 0 Å². The van der Waals surface area contributed by atoms with Crippen LogP contribution in [0, 0.1) is 0 Å². The zero-order valence-electron chi connectivity index (χ0n) is 8.86. The van der Waals surface area contributed by atoms with Crippen molar-refractivity contribution >= 4 is 11.3 Å². The van der Waals surface area contributed by atoms with E-state index < -0.39 is 0 Å². The van der Waals surface area contributed by atoms with Gasteiger partial charge in [0, 0.05) is 11.4 Å². The molecule has 1 nitrogen and oxygen atoms in total. The summed E-state index contributed by atoms with van der Waals surface area (Å²) in [6.45, 7) is 2.81. The largest absolute Gasteiger partial charge is 0.326 e. The predicted octanol–water partition coefficient (Wildman–Crippen LogP) is 3.44. The van der Waals surface area contributed by atoms with Crippen molar-refractivity contribution in [1.29, 1.82) is 0 Å². The Morgan fingerprint density at radius 3 is 2.87 bits per heavy atom. The summed E-state index contributed by atoms with van der Waals surface area (Å²) in [7, 11) is 0. The monoisotopic (exact) mass is 217 g/mol. The molecule has 2 aromatic rings. The second-order valence-electron chi connectivity index (χ2n) is 3.52. The number of thiophene rings is 1. The van der Waals surface area contributed by atoms with Crippen LogP contribution >= 0.6 is 11.3 Å². The Bertz CT molecular complexity index is 445. The second-order valence-corrected chi connectivity index (χ2v) is 4.52. The van der Waals surface area contributed by atoms with E-state index >= 15 is 0 Å². The molecule has 2 N–H and O–H groups in total. The Morgan fingerprint density at radius 2 is 2.13 bits per heavy atom. The maximum atomic E-state index is 5.71. The molecule has 0 radical (unpaired) electrons. The van der Waals surface area contributed by atoms with E-state index in [0.29, 0.717) is 6.54 Å². The molecule has 0 saturated carbocycles. The lowest BCUT2D eigenvalue weighted by Gasteiger charge is -2.04. The van der Waals surface area contributed by atoms with Crippen LogP contribution in [0.1, 0.15) is 17.4 Å². The summed E-state index contributed by atoms with van der Waals surface area (Å²) in [6, 6.07) is 10.8. The SMILES string of the molecule is CCc1cccc(-c2ccsc2CN)c1. The van der Waals surface area contributed by atoms with Gasteiger partial charge in [0.2, 0.25) is 0 Å². The van der Waals surface area contributed by atoms with Gasteiger partial charge in [0.05, 0.1) is 0 Å². The minimum atomic E-state index is 0.628. The average molecular weight is 217 g/mol. The van der Waals surface area contributed by atoms with Gasteiger partial charge in [0.15, 0.2) is 0 Å². The lowest BCUT2D eigenvalue weighted by atomic mass is 10.0. The molecule has 2 rings (SSSR count). The van der Waals surface area contributed by atoms with Crippen LogP contribution in [0.25, 0.3) is 11.1 Å². The quantitative estimate of drug-likeness (QED) is 0.837. The number of rotatable bonds is 3. The molecule has 0 aliphatic heterocycles. The van der Waals surface area contributed by atoms with Crippen LogP contribution in [0.2, 0.25) is 0 Å². The van der Waals surface area contributed by atoms with Crippen LogP contribution in [0.15, 0.2) is 35.7 Å². The second kappa shape index (κ2) is 4.60. The van der Waals surface area contributed by atoms with Crippen molar-refractivity contribution in [3.63, 3.8) is 0 Å². The van der Waals surface area contributed by atoms with Crippen molar-refractivity contribution in [2.45, 2.75) is 19.9 Å². The predicted molar refractivity (Wildman–Crippen MR) is 67.0 cm³/mol. The van der Waals surface area contributed by atoms with Crippen LogP contribution in [-0.4, -0.2) is 0 Å². The first-order valence-corrected chi connectivity index (χ1v) is 6.09. The standard InChI is InChI=1S/C13H15NS/c1-2-10-4-3-5-11(8-10)12-6-7-15-13(12)9-14/h3-8H,2,9,14H2,1H3. The molecule has 0 aliphatic rings. The van der Waals surface area contributed by atoms with Crippen LogP contribution in [0.3, 0.4) is 0 Å². The van der Waals surface area contributed by atoms with Crippen molar-refractivity contribution < 1.29 is 0 Å². The lowest BCUT2D eigenvalue weighted by molar-refractivity contribution is 1.11. The van der Waals surface area contributed by atoms with Crippen LogP contribution in [-0.2, 0) is 13.0 Å². The van der Waals surface area contributed by atoms with Gasteiger partial charge in [-0.1, -0.05) is 31.2 Å². The highest BCUT2D eigenvalue weighted by molar-refractivity contribution is 7.10. The van der Waals surface area contributed by atoms with Gasteiger partial charge in [0.25, 0.3) is 0 Å². The summed E-state index contributed by atoms with van der Waals surface area (Å²) < 4.78 is 0. The Morgan fingerprint density at radius 1 is 1.27 bits per heavy atom. The maximum absolute atomic E-state index is 5.71. The number of hydrogen-bond acceptors (Lipinski definition) is 2. The van der Waals surface area contributed by atoms with Gasteiger partial charge in [-0.3, -0.25) is 0 Å². The summed E-state index contributed by atoms with van der Waals surface area (Å²) >= 11 is 1.73. The van der Waals surface area contributed by atoms with E-state index in [-0.39, 0.29) is 0 Å². The van der Waals surface area contributed by atoms with Crippen molar-refractivity contribution in [3.05, 3.63) is 46.2 Å². The molecular weight excluding hydrogens is 202 g/mol. The normalized spacial score (nSPS) is 10.5. The molecule has 0 bridgehead atoms. The van der Waals surface area contributed by atoms with Gasteiger partial charge in [-0.2, -0.15) is 0 Å². The molecular formula is C13H15NS. The highest BCUT2D eigenvalue weighted by Crippen LogP contribution is 2.28. The Kier molecular flexibility index (Phi) is 3.19. The number of benzene rings is 1.